The van der Waals surface area contributed by atoms with Crippen LogP contribution in [0.1, 0.15) is 61.9 Å². The zero-order valence-corrected chi connectivity index (χ0v) is 14.7. The average Bonchev–Trinajstić information content (AvgIpc) is 2.70. The summed E-state index contributed by atoms with van der Waals surface area (Å²) in [6, 6.07) is 16.5. The fourth-order valence-corrected chi connectivity index (χ4v) is 3.77. The lowest BCUT2D eigenvalue weighted by atomic mass is 9.99. The molecule has 0 amide bonds. The smallest absolute Gasteiger partial charge is 0.133 e. The van der Waals surface area contributed by atoms with E-state index in [1.54, 1.807) is 0 Å². The maximum absolute atomic E-state index is 6.39. The van der Waals surface area contributed by atoms with E-state index in [4.69, 9.17) is 14.2 Å². The predicted octanol–water partition coefficient (Wildman–Crippen LogP) is 5.96. The van der Waals surface area contributed by atoms with Gasteiger partial charge in [-0.25, -0.2) is 0 Å². The topological polar surface area (TPSA) is 27.7 Å². The highest BCUT2D eigenvalue weighted by Gasteiger charge is 2.23. The van der Waals surface area contributed by atoms with E-state index in [2.05, 4.69) is 24.3 Å². The normalized spacial score (nSPS) is 24.0. The molecule has 2 aliphatic heterocycles. The van der Waals surface area contributed by atoms with Gasteiger partial charge in [0.2, 0.25) is 0 Å². The molecule has 0 spiro atoms. The molecule has 25 heavy (non-hydrogen) atoms. The molecule has 2 aromatic carbocycles. The molecule has 2 fully saturated rings. The molecule has 4 rings (SSSR count). The van der Waals surface area contributed by atoms with Crippen LogP contribution in [0, 0.1) is 0 Å². The van der Waals surface area contributed by atoms with Crippen molar-refractivity contribution in [3.63, 3.8) is 0 Å². The first-order chi connectivity index (χ1) is 12.4. The Kier molecular flexibility index (Phi) is 5.34. The minimum Gasteiger partial charge on any atom is -0.457 e. The molecule has 132 valence electrons. The molecule has 0 aromatic heterocycles. The Bertz CT molecular complexity index is 626. The second-order valence-corrected chi connectivity index (χ2v) is 6.89. The molecule has 2 aromatic rings. The molecule has 0 aliphatic carbocycles. The average molecular weight is 338 g/mol. The number of benzene rings is 2. The Labute approximate surface area is 149 Å². The monoisotopic (exact) mass is 338 g/mol. The highest BCUT2D eigenvalue weighted by atomic mass is 16.5. The Balaban J connectivity index is 1.60. The molecule has 0 radical (unpaired) electrons. The van der Waals surface area contributed by atoms with Gasteiger partial charge in [0.15, 0.2) is 0 Å². The van der Waals surface area contributed by atoms with E-state index in [-0.39, 0.29) is 12.2 Å². The predicted molar refractivity (Wildman–Crippen MR) is 98.0 cm³/mol. The number of ether oxygens (including phenoxy) is 3. The molecule has 2 saturated heterocycles. The number of hydrogen-bond acceptors (Lipinski definition) is 3. The van der Waals surface area contributed by atoms with E-state index in [0.29, 0.717) is 0 Å². The summed E-state index contributed by atoms with van der Waals surface area (Å²) in [5.74, 6) is 1.80. The fourth-order valence-electron chi connectivity index (χ4n) is 3.77. The molecular formula is C22H26O3. The van der Waals surface area contributed by atoms with Crippen LogP contribution < -0.4 is 4.74 Å². The van der Waals surface area contributed by atoms with Crippen molar-refractivity contribution in [2.45, 2.75) is 50.7 Å². The van der Waals surface area contributed by atoms with Crippen LogP contribution in [0.2, 0.25) is 0 Å². The summed E-state index contributed by atoms with van der Waals surface area (Å²) in [5.41, 5.74) is 2.31. The first kappa shape index (κ1) is 16.6. The standard InChI is InChI=1S/C22H26O3/c1-3-13-21(17(9-1)19-11-5-7-15-23-19)25-22-14-4-2-10-18(22)20-12-6-8-16-24-20/h1-4,9-10,13-14,19-20H,5-8,11-12,15-16H2. The summed E-state index contributed by atoms with van der Waals surface area (Å²) in [7, 11) is 0. The van der Waals surface area contributed by atoms with Crippen LogP contribution in [0.5, 0.6) is 11.5 Å². The lowest BCUT2D eigenvalue weighted by Gasteiger charge is -2.27. The van der Waals surface area contributed by atoms with Gasteiger partial charge in [-0.3, -0.25) is 0 Å². The van der Waals surface area contributed by atoms with Crippen molar-refractivity contribution in [3.8, 4) is 11.5 Å². The van der Waals surface area contributed by atoms with Crippen LogP contribution in [0.4, 0.5) is 0 Å². The largest absolute Gasteiger partial charge is 0.457 e. The fraction of sp³-hybridized carbons (Fsp3) is 0.455. The third-order valence-electron chi connectivity index (χ3n) is 5.11. The zero-order chi connectivity index (χ0) is 16.9. The maximum atomic E-state index is 6.39. The van der Waals surface area contributed by atoms with Gasteiger partial charge in [-0.2, -0.15) is 0 Å². The molecule has 2 heterocycles. The van der Waals surface area contributed by atoms with Crippen LogP contribution in [0.15, 0.2) is 48.5 Å². The summed E-state index contributed by atoms with van der Waals surface area (Å²) in [4.78, 5) is 0. The van der Waals surface area contributed by atoms with Crippen LogP contribution in [0.3, 0.4) is 0 Å². The van der Waals surface area contributed by atoms with Crippen molar-refractivity contribution in [1.29, 1.82) is 0 Å². The highest BCUT2D eigenvalue weighted by Crippen LogP contribution is 2.39. The van der Waals surface area contributed by atoms with Crippen LogP contribution in [-0.4, -0.2) is 13.2 Å². The minimum absolute atomic E-state index is 0.142. The molecular weight excluding hydrogens is 312 g/mol. The Hall–Kier alpha value is -1.84. The van der Waals surface area contributed by atoms with Gasteiger partial charge in [-0.05, 0) is 50.7 Å². The van der Waals surface area contributed by atoms with Crippen molar-refractivity contribution in [2.24, 2.45) is 0 Å². The van der Waals surface area contributed by atoms with E-state index in [9.17, 15) is 0 Å². The minimum atomic E-state index is 0.142. The molecule has 2 unspecified atom stereocenters. The summed E-state index contributed by atoms with van der Waals surface area (Å²) < 4.78 is 18.4. The van der Waals surface area contributed by atoms with Gasteiger partial charge < -0.3 is 14.2 Å². The molecule has 0 saturated carbocycles. The second-order valence-electron chi connectivity index (χ2n) is 6.89. The zero-order valence-electron chi connectivity index (χ0n) is 14.7. The number of hydrogen-bond donors (Lipinski definition) is 0. The van der Waals surface area contributed by atoms with E-state index < -0.39 is 0 Å². The van der Waals surface area contributed by atoms with Gasteiger partial charge in [-0.15, -0.1) is 0 Å². The number of para-hydroxylation sites is 2. The van der Waals surface area contributed by atoms with Crippen molar-refractivity contribution >= 4 is 0 Å². The number of rotatable bonds is 4. The highest BCUT2D eigenvalue weighted by molar-refractivity contribution is 5.43. The first-order valence-corrected chi connectivity index (χ1v) is 9.51. The van der Waals surface area contributed by atoms with E-state index in [0.717, 1.165) is 61.5 Å². The molecule has 0 N–H and O–H groups in total. The van der Waals surface area contributed by atoms with Gasteiger partial charge in [0.1, 0.15) is 11.5 Å². The van der Waals surface area contributed by atoms with E-state index in [1.165, 1.54) is 12.8 Å². The molecule has 3 nitrogen and oxygen atoms in total. The van der Waals surface area contributed by atoms with E-state index >= 15 is 0 Å². The van der Waals surface area contributed by atoms with Gasteiger partial charge >= 0.3 is 0 Å². The van der Waals surface area contributed by atoms with Crippen LogP contribution in [0.25, 0.3) is 0 Å². The van der Waals surface area contributed by atoms with Gasteiger partial charge in [0.05, 0.1) is 12.2 Å². The Morgan fingerprint density at radius 1 is 0.640 bits per heavy atom. The molecule has 0 bridgehead atoms. The van der Waals surface area contributed by atoms with Gasteiger partial charge in [-0.1, -0.05) is 36.4 Å². The Morgan fingerprint density at radius 3 is 1.56 bits per heavy atom. The van der Waals surface area contributed by atoms with Crippen molar-refractivity contribution in [2.75, 3.05) is 13.2 Å². The summed E-state index contributed by atoms with van der Waals surface area (Å²) in [6.45, 7) is 1.68. The summed E-state index contributed by atoms with van der Waals surface area (Å²) in [6.07, 6.45) is 7.15. The second kappa shape index (κ2) is 8.03. The van der Waals surface area contributed by atoms with Crippen molar-refractivity contribution in [3.05, 3.63) is 59.7 Å². The lowest BCUT2D eigenvalue weighted by Crippen LogP contribution is -2.13. The third kappa shape index (κ3) is 3.88. The van der Waals surface area contributed by atoms with Gasteiger partial charge in [0.25, 0.3) is 0 Å². The van der Waals surface area contributed by atoms with Gasteiger partial charge in [0, 0.05) is 24.3 Å². The van der Waals surface area contributed by atoms with Crippen molar-refractivity contribution in [1.82, 2.24) is 0 Å². The quantitative estimate of drug-likeness (QED) is 0.688. The van der Waals surface area contributed by atoms with E-state index in [1.807, 2.05) is 24.3 Å². The molecule has 3 heteroatoms. The third-order valence-corrected chi connectivity index (χ3v) is 5.11. The van der Waals surface area contributed by atoms with Crippen molar-refractivity contribution < 1.29 is 14.2 Å². The van der Waals surface area contributed by atoms with Crippen LogP contribution in [-0.2, 0) is 9.47 Å². The maximum Gasteiger partial charge on any atom is 0.133 e. The first-order valence-electron chi connectivity index (χ1n) is 9.51. The lowest BCUT2D eigenvalue weighted by molar-refractivity contribution is 0.0122. The summed E-state index contributed by atoms with van der Waals surface area (Å²) in [5, 5.41) is 0. The van der Waals surface area contributed by atoms with Crippen LogP contribution >= 0.6 is 0 Å². The molecule has 2 atom stereocenters. The molecule has 2 aliphatic rings. The summed E-state index contributed by atoms with van der Waals surface area (Å²) >= 11 is 0. The Morgan fingerprint density at radius 2 is 1.12 bits per heavy atom. The SMILES string of the molecule is c1ccc(C2CCCCO2)c(Oc2ccccc2C2CCCCO2)c1.